The van der Waals surface area contributed by atoms with E-state index in [1.165, 1.54) is 51.4 Å². The van der Waals surface area contributed by atoms with Crippen molar-refractivity contribution in [2.75, 3.05) is 47.5 Å². The molecule has 2 unspecified atom stereocenters. The Hall–Kier alpha value is -2.55. The molecule has 0 bridgehead atoms. The number of esters is 2. The molecule has 0 radical (unpaired) electrons. The minimum atomic E-state index is -4.40. The van der Waals surface area contributed by atoms with E-state index in [0.717, 1.165) is 57.8 Å². The molecule has 9 nitrogen and oxygen atoms in total. The second-order valence-electron chi connectivity index (χ2n) is 15.0. The molecule has 0 saturated carbocycles. The largest absolute Gasteiger partial charge is 0.472 e. The molecule has 0 saturated heterocycles. The summed E-state index contributed by atoms with van der Waals surface area (Å²) < 4.78 is 34.1. The van der Waals surface area contributed by atoms with Gasteiger partial charge < -0.3 is 18.9 Å². The molecule has 1 N–H and O–H groups in total. The first-order valence-corrected chi connectivity index (χ1v) is 22.7. The van der Waals surface area contributed by atoms with E-state index < -0.39 is 32.5 Å². The van der Waals surface area contributed by atoms with Crippen LogP contribution >= 0.6 is 7.82 Å². The van der Waals surface area contributed by atoms with Crippen molar-refractivity contribution in [1.82, 2.24) is 0 Å². The third-order valence-corrected chi connectivity index (χ3v) is 9.49. The second-order valence-corrected chi connectivity index (χ2v) is 16.5. The van der Waals surface area contributed by atoms with Gasteiger partial charge in [0, 0.05) is 6.42 Å². The zero-order chi connectivity index (χ0) is 40.7. The van der Waals surface area contributed by atoms with Crippen LogP contribution in [-0.4, -0.2) is 74.9 Å². The second kappa shape index (κ2) is 37.1. The number of phosphoric acid groups is 1. The highest BCUT2D eigenvalue weighted by Gasteiger charge is 2.26. The Morgan fingerprint density at radius 1 is 0.600 bits per heavy atom. The molecule has 0 aliphatic heterocycles. The third kappa shape index (κ3) is 40.9. The van der Waals surface area contributed by atoms with Gasteiger partial charge in [-0.15, -0.1) is 0 Å². The van der Waals surface area contributed by atoms with Gasteiger partial charge in [-0.1, -0.05) is 145 Å². The number of carbonyl (C=O) groups is 2. The number of likely N-dealkylation sites (N-methyl/N-ethyl adjacent to an activating group) is 1. The molecule has 0 amide bonds. The van der Waals surface area contributed by atoms with Crippen molar-refractivity contribution >= 4 is 19.8 Å². The number of allylic oxidation sites excluding steroid dienone is 11. The van der Waals surface area contributed by atoms with Crippen LogP contribution in [0, 0.1) is 0 Å². The number of hydrogen-bond donors (Lipinski definition) is 1. The SMILES string of the molecule is CC/C=C\C/C=C\C/C=C\C/C=C\C/C=C\CC(=O)OC(COC(=O)CCCCCCC/C=C\CCCCCCCCC)COP(=O)(O)OCC[N+](C)(C)C. The maximum atomic E-state index is 12.6. The number of quaternary nitrogens is 1. The molecule has 2 atom stereocenters. The minimum Gasteiger partial charge on any atom is -0.462 e. The van der Waals surface area contributed by atoms with Crippen LogP contribution in [0.2, 0.25) is 0 Å². The smallest absolute Gasteiger partial charge is 0.462 e. The highest BCUT2D eigenvalue weighted by Crippen LogP contribution is 2.43. The van der Waals surface area contributed by atoms with Crippen molar-refractivity contribution < 1.29 is 42.1 Å². The monoisotopic (exact) mass is 793 g/mol. The summed E-state index contributed by atoms with van der Waals surface area (Å²) in [4.78, 5) is 35.2. The minimum absolute atomic E-state index is 0.00371. The first-order valence-electron chi connectivity index (χ1n) is 21.2. The summed E-state index contributed by atoms with van der Waals surface area (Å²) in [6.45, 7) is 4.16. The molecule has 0 aromatic heterocycles. The molecule has 0 fully saturated rings. The molecule has 0 aromatic carbocycles. The maximum absolute atomic E-state index is 12.6. The lowest BCUT2D eigenvalue weighted by Gasteiger charge is -2.24. The normalized spacial score (nSPS) is 14.4. The predicted octanol–water partition coefficient (Wildman–Crippen LogP) is 11.9. The molecule has 0 heterocycles. The zero-order valence-corrected chi connectivity index (χ0v) is 36.3. The predicted molar refractivity (Wildman–Crippen MR) is 229 cm³/mol. The number of nitrogens with zero attached hydrogens (tertiary/aromatic N) is 1. The van der Waals surface area contributed by atoms with Crippen LogP contribution in [-0.2, 0) is 32.7 Å². The van der Waals surface area contributed by atoms with Gasteiger partial charge in [-0.2, -0.15) is 0 Å². The number of carbonyl (C=O) groups excluding carboxylic acids is 2. The van der Waals surface area contributed by atoms with Crippen LogP contribution < -0.4 is 0 Å². The van der Waals surface area contributed by atoms with E-state index in [2.05, 4.69) is 68.5 Å². The summed E-state index contributed by atoms with van der Waals surface area (Å²) in [5.41, 5.74) is 0. The average Bonchev–Trinajstić information content (AvgIpc) is 3.13. The van der Waals surface area contributed by atoms with Crippen LogP contribution in [0.4, 0.5) is 0 Å². The fraction of sp³-hybridized carbons (Fsp3) is 0.689. The standard InChI is InChI=1S/C45H78NO8P/c1-6-8-10-12-14-16-18-20-22-24-25-27-29-31-33-35-37-44(47)51-41-43(42-53-55(49,50)52-40-39-46(3,4)5)54-45(48)38-36-34-32-30-28-26-23-21-19-17-15-13-11-9-7-2/h9,11,15,17,21-24,28,30,34,36,43H,6-8,10,12-14,16,18-20,25-27,29,31-33,35,37-42H2,1-5H3/p+1/b11-9-,17-15-,23-21-,24-22-,30-28-,36-34-. The molecule has 0 spiro atoms. The molecule has 0 rings (SSSR count). The van der Waals surface area contributed by atoms with Crippen LogP contribution in [0.5, 0.6) is 0 Å². The number of rotatable bonds is 37. The van der Waals surface area contributed by atoms with E-state index in [-0.39, 0.29) is 26.1 Å². The molecule has 0 aliphatic rings. The zero-order valence-electron chi connectivity index (χ0n) is 35.4. The van der Waals surface area contributed by atoms with Crippen molar-refractivity contribution in [1.29, 1.82) is 0 Å². The van der Waals surface area contributed by atoms with Gasteiger partial charge in [-0.3, -0.25) is 18.6 Å². The Morgan fingerprint density at radius 2 is 1.09 bits per heavy atom. The number of ether oxygens (including phenoxy) is 2. The van der Waals surface area contributed by atoms with Crippen molar-refractivity contribution in [3.63, 3.8) is 0 Å². The van der Waals surface area contributed by atoms with Crippen molar-refractivity contribution in [2.45, 2.75) is 155 Å². The summed E-state index contributed by atoms with van der Waals surface area (Å²) in [7, 11) is 1.40. The molecule has 55 heavy (non-hydrogen) atoms. The van der Waals surface area contributed by atoms with Gasteiger partial charge in [-0.05, 0) is 64.2 Å². The van der Waals surface area contributed by atoms with Gasteiger partial charge in [-0.25, -0.2) is 4.57 Å². The van der Waals surface area contributed by atoms with Crippen molar-refractivity contribution in [2.24, 2.45) is 0 Å². The van der Waals surface area contributed by atoms with E-state index in [0.29, 0.717) is 23.9 Å². The summed E-state index contributed by atoms with van der Waals surface area (Å²) in [6, 6.07) is 0. The van der Waals surface area contributed by atoms with Crippen LogP contribution in [0.1, 0.15) is 149 Å². The Balaban J connectivity index is 4.53. The Morgan fingerprint density at radius 3 is 1.62 bits per heavy atom. The number of hydrogen-bond acceptors (Lipinski definition) is 7. The molecule has 0 aliphatic carbocycles. The topological polar surface area (TPSA) is 108 Å². The van der Waals surface area contributed by atoms with Crippen LogP contribution in [0.15, 0.2) is 72.9 Å². The Bertz CT molecular complexity index is 1170. The fourth-order valence-corrected chi connectivity index (χ4v) is 5.94. The van der Waals surface area contributed by atoms with Gasteiger partial charge in [0.15, 0.2) is 6.10 Å². The summed E-state index contributed by atoms with van der Waals surface area (Å²) >= 11 is 0. The summed E-state index contributed by atoms with van der Waals surface area (Å²) in [5, 5.41) is 0. The lowest BCUT2D eigenvalue weighted by Crippen LogP contribution is -2.37. The summed E-state index contributed by atoms with van der Waals surface area (Å²) in [5.74, 6) is -0.962. The summed E-state index contributed by atoms with van der Waals surface area (Å²) in [6.07, 6.45) is 45.5. The highest BCUT2D eigenvalue weighted by atomic mass is 31.2. The van der Waals surface area contributed by atoms with Gasteiger partial charge in [0.05, 0.1) is 34.2 Å². The van der Waals surface area contributed by atoms with Gasteiger partial charge in [0.25, 0.3) is 0 Å². The van der Waals surface area contributed by atoms with E-state index in [1.54, 1.807) is 6.08 Å². The quantitative estimate of drug-likeness (QED) is 0.0218. The first kappa shape index (κ1) is 52.5. The molecule has 10 heteroatoms. The lowest BCUT2D eigenvalue weighted by atomic mass is 10.1. The lowest BCUT2D eigenvalue weighted by molar-refractivity contribution is -0.870. The molecular weight excluding hydrogens is 713 g/mol. The number of unbranched alkanes of at least 4 members (excludes halogenated alkanes) is 12. The first-order chi connectivity index (χ1) is 26.5. The Kier molecular flexibility index (Phi) is 35.3. The Labute approximate surface area is 336 Å². The highest BCUT2D eigenvalue weighted by molar-refractivity contribution is 7.47. The van der Waals surface area contributed by atoms with E-state index in [1.807, 2.05) is 33.3 Å². The van der Waals surface area contributed by atoms with Crippen LogP contribution in [0.3, 0.4) is 0 Å². The molecular formula is C45H79NO8P+. The van der Waals surface area contributed by atoms with Gasteiger partial charge in [0.2, 0.25) is 0 Å². The van der Waals surface area contributed by atoms with Gasteiger partial charge in [0.1, 0.15) is 19.8 Å². The molecule has 0 aromatic rings. The average molecular weight is 793 g/mol. The molecule has 316 valence electrons. The number of phosphoric ester groups is 1. The third-order valence-electron chi connectivity index (χ3n) is 8.50. The van der Waals surface area contributed by atoms with E-state index in [9.17, 15) is 19.0 Å². The van der Waals surface area contributed by atoms with Crippen molar-refractivity contribution in [3.05, 3.63) is 72.9 Å². The van der Waals surface area contributed by atoms with E-state index in [4.69, 9.17) is 18.5 Å². The van der Waals surface area contributed by atoms with Gasteiger partial charge >= 0.3 is 19.8 Å². The van der Waals surface area contributed by atoms with Crippen molar-refractivity contribution in [3.8, 4) is 0 Å². The van der Waals surface area contributed by atoms with Crippen LogP contribution in [0.25, 0.3) is 0 Å². The van der Waals surface area contributed by atoms with E-state index >= 15 is 0 Å². The maximum Gasteiger partial charge on any atom is 0.472 e. The fourth-order valence-electron chi connectivity index (χ4n) is 5.20.